The normalized spacial score (nSPS) is 13.1. The molecule has 0 aliphatic rings. The molecule has 0 spiro atoms. The van der Waals surface area contributed by atoms with Crippen molar-refractivity contribution >= 4 is 53.6 Å². The maximum absolute atomic E-state index is 11.5. The molecule has 5 nitrogen and oxygen atoms in total. The lowest BCUT2D eigenvalue weighted by Gasteiger charge is -2.08. The summed E-state index contributed by atoms with van der Waals surface area (Å²) in [4.78, 5) is 10.7. The number of alkyl halides is 2. The van der Waals surface area contributed by atoms with Crippen LogP contribution in [-0.4, -0.2) is 29.0 Å². The van der Waals surface area contributed by atoms with Crippen molar-refractivity contribution in [2.75, 3.05) is 10.6 Å². The van der Waals surface area contributed by atoms with Crippen molar-refractivity contribution in [1.82, 2.24) is 0 Å². The fourth-order valence-electron chi connectivity index (χ4n) is 0.962. The van der Waals surface area contributed by atoms with Gasteiger partial charge in [0.25, 0.3) is 10.1 Å². The molecule has 17 heavy (non-hydrogen) atoms. The number of nitrogens with one attached hydrogen (secondary N) is 1. The maximum atomic E-state index is 11.5. The summed E-state index contributed by atoms with van der Waals surface area (Å²) in [5.74, 6) is -0.325. The van der Waals surface area contributed by atoms with Gasteiger partial charge in [0.05, 0.1) is 0 Å². The van der Waals surface area contributed by atoms with Gasteiger partial charge in [-0.25, -0.2) is 0 Å². The number of anilines is 1. The quantitative estimate of drug-likeness (QED) is 0.611. The second kappa shape index (κ2) is 5.94. The third kappa shape index (κ3) is 4.38. The second-order valence-corrected chi connectivity index (χ2v) is 6.17. The number of benzene rings is 1. The van der Waals surface area contributed by atoms with Crippen LogP contribution in [-0.2, 0) is 14.9 Å². The summed E-state index contributed by atoms with van der Waals surface area (Å²) in [7, 11) is -4.31. The zero-order valence-corrected chi connectivity index (χ0v) is 12.3. The van der Waals surface area contributed by atoms with Crippen LogP contribution in [0.4, 0.5) is 5.69 Å². The van der Waals surface area contributed by atoms with Crippen molar-refractivity contribution in [3.05, 3.63) is 24.3 Å². The molecule has 1 radical (unpaired) electrons. The first-order valence-electron chi connectivity index (χ1n) is 4.34. The number of rotatable bonds is 4. The number of halogens is 2. The predicted molar refractivity (Wildman–Crippen MR) is 70.2 cm³/mol. The zero-order valence-electron chi connectivity index (χ0n) is 8.35. The van der Waals surface area contributed by atoms with E-state index < -0.39 is 14.9 Å². The Morgan fingerprint density at radius 1 is 1.59 bits per heavy atom. The third-order valence-electron chi connectivity index (χ3n) is 1.74. The number of carbonyl (C=O) groups excluding carboxylic acids is 1. The first kappa shape index (κ1) is 14.6. The summed E-state index contributed by atoms with van der Waals surface area (Å²) in [6.07, 6.45) is 0. The summed E-state index contributed by atoms with van der Waals surface area (Å²) >= 11 is 6.25. The van der Waals surface area contributed by atoms with Crippen LogP contribution in [0.2, 0.25) is 0 Å². The fraction of sp³-hybridized carbons (Fsp3) is 0.222. The molecule has 0 aliphatic carbocycles. The van der Waals surface area contributed by atoms with Crippen molar-refractivity contribution in [2.24, 2.45) is 0 Å². The lowest BCUT2D eigenvalue weighted by Crippen LogP contribution is -2.23. The van der Waals surface area contributed by atoms with Gasteiger partial charge in [0.2, 0.25) is 5.91 Å². The van der Waals surface area contributed by atoms with Crippen LogP contribution in [0, 0.1) is 6.07 Å². The summed E-state index contributed by atoms with van der Waals surface area (Å²) < 4.78 is 30.5. The van der Waals surface area contributed by atoms with E-state index in [2.05, 4.69) is 43.2 Å². The van der Waals surface area contributed by atoms with Crippen LogP contribution in [0.1, 0.15) is 0 Å². The molecule has 93 valence electrons. The predicted octanol–water partition coefficient (Wildman–Crippen LogP) is 1.83. The molecule has 1 aromatic rings. The van der Waals surface area contributed by atoms with Crippen LogP contribution in [0.3, 0.4) is 0 Å². The van der Waals surface area contributed by atoms with Crippen LogP contribution in [0.25, 0.3) is 0 Å². The topological polar surface area (TPSA) is 83.5 Å². The van der Waals surface area contributed by atoms with Crippen molar-refractivity contribution in [3.63, 3.8) is 0 Å². The fourth-order valence-corrected chi connectivity index (χ4v) is 1.86. The van der Waals surface area contributed by atoms with Crippen molar-refractivity contribution in [3.8, 4) is 0 Å². The number of hydrogen-bond donors (Lipinski definition) is 2. The van der Waals surface area contributed by atoms with E-state index in [9.17, 15) is 13.2 Å². The third-order valence-corrected chi connectivity index (χ3v) is 4.79. The Balaban J connectivity index is 2.91. The summed E-state index contributed by atoms with van der Waals surface area (Å²) in [6, 6.07) is 6.26. The monoisotopic (exact) mass is 384 g/mol. The largest absolute Gasteiger partial charge is 0.325 e. The average molecular weight is 386 g/mol. The maximum Gasteiger partial charge on any atom is 0.295 e. The highest BCUT2D eigenvalue weighted by Crippen LogP contribution is 2.16. The lowest BCUT2D eigenvalue weighted by atomic mass is 10.3. The van der Waals surface area contributed by atoms with Crippen LogP contribution < -0.4 is 5.32 Å². The zero-order chi connectivity index (χ0) is 13.1. The van der Waals surface area contributed by atoms with Crippen LogP contribution in [0.5, 0.6) is 0 Å². The van der Waals surface area contributed by atoms with Crippen molar-refractivity contribution in [2.45, 2.75) is 9.72 Å². The number of hydrogen-bond acceptors (Lipinski definition) is 3. The molecule has 1 atom stereocenters. The lowest BCUT2D eigenvalue weighted by molar-refractivity contribution is -0.115. The number of amides is 1. The summed E-state index contributed by atoms with van der Waals surface area (Å²) in [5, 5.41) is 2.91. The Bertz CT molecular complexity index is 517. The van der Waals surface area contributed by atoms with E-state index in [1.165, 1.54) is 12.1 Å². The van der Waals surface area contributed by atoms with Gasteiger partial charge in [-0.15, -0.1) is 0 Å². The molecule has 0 aromatic heterocycles. The van der Waals surface area contributed by atoms with Gasteiger partial charge in [-0.05, 0) is 12.1 Å². The Labute approximate surface area is 116 Å². The minimum atomic E-state index is -4.31. The average Bonchev–Trinajstić information content (AvgIpc) is 2.27. The van der Waals surface area contributed by atoms with Gasteiger partial charge in [0.15, 0.2) is 0 Å². The highest BCUT2D eigenvalue weighted by molar-refractivity contribution is 9.12. The van der Waals surface area contributed by atoms with E-state index in [0.717, 1.165) is 6.07 Å². The Hall–Kier alpha value is -0.440. The van der Waals surface area contributed by atoms with Crippen LogP contribution in [0.15, 0.2) is 23.1 Å². The molecule has 0 heterocycles. The molecule has 0 aliphatic heterocycles. The van der Waals surface area contributed by atoms with E-state index in [4.69, 9.17) is 4.55 Å². The van der Waals surface area contributed by atoms with Gasteiger partial charge in [0, 0.05) is 17.1 Å². The van der Waals surface area contributed by atoms with Gasteiger partial charge in [-0.2, -0.15) is 8.42 Å². The smallest absolute Gasteiger partial charge is 0.295 e. The van der Waals surface area contributed by atoms with E-state index in [1.807, 2.05) is 0 Å². The van der Waals surface area contributed by atoms with Crippen molar-refractivity contribution < 1.29 is 17.8 Å². The SMILES string of the molecule is O=C(Nc1cc[c]c(S(=O)(=O)O)c1)C(Br)CBr. The molecule has 0 saturated heterocycles. The molecule has 8 heteroatoms. The molecular weight excluding hydrogens is 378 g/mol. The van der Waals surface area contributed by atoms with Crippen LogP contribution >= 0.6 is 31.9 Å². The molecule has 1 unspecified atom stereocenters. The minimum absolute atomic E-state index is 0.270. The van der Waals surface area contributed by atoms with Gasteiger partial charge in [-0.3, -0.25) is 9.35 Å². The van der Waals surface area contributed by atoms with Gasteiger partial charge in [0.1, 0.15) is 9.72 Å². The number of carbonyl (C=O) groups is 1. The standard InChI is InChI=1S/C9H8Br2NO4S/c10-5-8(11)9(13)12-6-2-1-3-7(4-6)17(14,15)16/h1-2,4,8H,5H2,(H,12,13)(H,14,15,16). The molecule has 0 saturated carbocycles. The second-order valence-electron chi connectivity index (χ2n) is 3.03. The van der Waals surface area contributed by atoms with Gasteiger partial charge < -0.3 is 5.32 Å². The van der Waals surface area contributed by atoms with Gasteiger partial charge >= 0.3 is 0 Å². The first-order chi connectivity index (χ1) is 7.84. The molecule has 0 fully saturated rings. The van der Waals surface area contributed by atoms with Crippen molar-refractivity contribution in [1.29, 1.82) is 0 Å². The molecule has 0 bridgehead atoms. The molecule has 1 amide bonds. The summed E-state index contributed by atoms with van der Waals surface area (Å²) in [6.45, 7) is 0. The van der Waals surface area contributed by atoms with E-state index in [0.29, 0.717) is 5.33 Å². The highest BCUT2D eigenvalue weighted by atomic mass is 79.9. The Morgan fingerprint density at radius 2 is 2.24 bits per heavy atom. The van der Waals surface area contributed by atoms with E-state index >= 15 is 0 Å². The van der Waals surface area contributed by atoms with Gasteiger partial charge in [-0.1, -0.05) is 37.9 Å². The van der Waals surface area contributed by atoms with E-state index in [-0.39, 0.29) is 16.5 Å². The molecular formula is C9H8Br2NO4S. The Morgan fingerprint density at radius 3 is 2.76 bits per heavy atom. The first-order valence-corrected chi connectivity index (χ1v) is 7.82. The molecule has 1 rings (SSSR count). The minimum Gasteiger partial charge on any atom is -0.325 e. The Kier molecular flexibility index (Phi) is 5.11. The summed E-state index contributed by atoms with van der Waals surface area (Å²) in [5.41, 5.74) is 0.270. The molecule has 1 aromatic carbocycles. The highest BCUT2D eigenvalue weighted by Gasteiger charge is 2.15. The van der Waals surface area contributed by atoms with E-state index in [1.54, 1.807) is 0 Å². The molecule has 2 N–H and O–H groups in total.